The Bertz CT molecular complexity index is 301. The van der Waals surface area contributed by atoms with E-state index in [0.29, 0.717) is 5.91 Å². The van der Waals surface area contributed by atoms with Crippen LogP contribution < -0.4 is 0 Å². The maximum Gasteiger partial charge on any atom is 0.232 e. The first kappa shape index (κ1) is 10.7. The van der Waals surface area contributed by atoms with Crippen LogP contribution >= 0.6 is 0 Å². The third-order valence-corrected chi connectivity index (χ3v) is 3.75. The summed E-state index contributed by atoms with van der Waals surface area (Å²) in [6, 6.07) is 0. The van der Waals surface area contributed by atoms with E-state index in [1.54, 1.807) is 4.90 Å². The predicted molar refractivity (Wildman–Crippen MR) is 60.3 cm³/mol. The summed E-state index contributed by atoms with van der Waals surface area (Å²) < 4.78 is 0. The molecule has 0 bridgehead atoms. The van der Waals surface area contributed by atoms with E-state index in [1.807, 2.05) is 13.2 Å². The molecule has 0 aliphatic carbocycles. The molecule has 3 heteroatoms. The number of hydrogen-bond acceptors (Lipinski definition) is 2. The fourth-order valence-corrected chi connectivity index (χ4v) is 2.86. The van der Waals surface area contributed by atoms with Gasteiger partial charge in [-0.15, -0.1) is 0 Å². The first-order valence-corrected chi connectivity index (χ1v) is 5.67. The van der Waals surface area contributed by atoms with Crippen LogP contribution in [-0.4, -0.2) is 42.9 Å². The molecule has 2 rings (SSSR count). The third kappa shape index (κ3) is 1.81. The van der Waals surface area contributed by atoms with Gasteiger partial charge in [0.2, 0.25) is 5.91 Å². The molecule has 1 amide bonds. The van der Waals surface area contributed by atoms with E-state index >= 15 is 0 Å². The molecular weight excluding hydrogens is 188 g/mol. The molecule has 1 fully saturated rings. The van der Waals surface area contributed by atoms with Crippen molar-refractivity contribution in [3.05, 3.63) is 11.8 Å². The van der Waals surface area contributed by atoms with E-state index in [4.69, 9.17) is 0 Å². The van der Waals surface area contributed by atoms with Crippen LogP contribution in [0, 0.1) is 5.41 Å². The quantitative estimate of drug-likeness (QED) is 0.602. The average Bonchev–Trinajstić information content (AvgIpc) is 2.19. The minimum atomic E-state index is -0.0832. The average molecular weight is 208 g/mol. The largest absolute Gasteiger partial charge is 0.322 e. The first-order valence-electron chi connectivity index (χ1n) is 5.67. The highest BCUT2D eigenvalue weighted by Gasteiger charge is 2.43. The number of carbonyl (C=O) groups excluding carboxylic acids is 1. The molecule has 3 nitrogen and oxygen atoms in total. The molecule has 2 aliphatic heterocycles. The summed E-state index contributed by atoms with van der Waals surface area (Å²) in [5.41, 5.74) is 1.25. The van der Waals surface area contributed by atoms with Gasteiger partial charge in [-0.25, -0.2) is 0 Å². The van der Waals surface area contributed by atoms with Gasteiger partial charge in [-0.1, -0.05) is 5.57 Å². The molecule has 2 heterocycles. The summed E-state index contributed by atoms with van der Waals surface area (Å²) in [7, 11) is 4.01. The summed E-state index contributed by atoms with van der Waals surface area (Å²) in [4.78, 5) is 16.3. The molecule has 84 valence electrons. The van der Waals surface area contributed by atoms with Crippen LogP contribution in [0.25, 0.3) is 0 Å². The molecule has 0 aromatic heterocycles. The van der Waals surface area contributed by atoms with Gasteiger partial charge in [0, 0.05) is 13.2 Å². The number of carbonyl (C=O) groups is 1. The molecule has 1 spiro atoms. The van der Waals surface area contributed by atoms with E-state index in [-0.39, 0.29) is 5.41 Å². The lowest BCUT2D eigenvalue weighted by atomic mass is 9.71. The summed E-state index contributed by atoms with van der Waals surface area (Å²) in [6.45, 7) is 4.22. The Kier molecular flexibility index (Phi) is 2.59. The Hall–Kier alpha value is -0.830. The van der Waals surface area contributed by atoms with Crippen molar-refractivity contribution in [2.24, 2.45) is 5.41 Å². The first-order chi connectivity index (χ1) is 7.03. The number of likely N-dealkylation sites (tertiary alicyclic amines) is 1. The highest BCUT2D eigenvalue weighted by atomic mass is 16.2. The Morgan fingerprint density at radius 3 is 2.47 bits per heavy atom. The second kappa shape index (κ2) is 3.63. The number of nitrogens with zero attached hydrogens (tertiary/aromatic N) is 2. The molecular formula is C12H20N2O. The zero-order valence-corrected chi connectivity index (χ0v) is 9.92. The van der Waals surface area contributed by atoms with Gasteiger partial charge in [0.15, 0.2) is 0 Å². The van der Waals surface area contributed by atoms with Gasteiger partial charge < -0.3 is 9.80 Å². The van der Waals surface area contributed by atoms with Crippen molar-refractivity contribution in [2.45, 2.75) is 26.2 Å². The van der Waals surface area contributed by atoms with E-state index in [2.05, 4.69) is 18.9 Å². The van der Waals surface area contributed by atoms with Crippen molar-refractivity contribution in [1.29, 1.82) is 0 Å². The molecule has 15 heavy (non-hydrogen) atoms. The summed E-state index contributed by atoms with van der Waals surface area (Å²) in [6.07, 6.45) is 4.96. The normalized spacial score (nSPS) is 27.0. The fraction of sp³-hybridized carbons (Fsp3) is 0.750. The lowest BCUT2D eigenvalue weighted by Gasteiger charge is -2.43. The van der Waals surface area contributed by atoms with Gasteiger partial charge in [0.1, 0.15) is 0 Å². The SMILES string of the molecule is CC1=CN(C)C(=O)C2(CCN(C)CC2)C1. The molecule has 0 atom stereocenters. The number of amides is 1. The third-order valence-electron chi connectivity index (χ3n) is 3.75. The van der Waals surface area contributed by atoms with Crippen LogP contribution in [0.2, 0.25) is 0 Å². The zero-order chi connectivity index (χ0) is 11.1. The standard InChI is InChI=1S/C12H20N2O/c1-10-8-12(11(15)14(3)9-10)4-6-13(2)7-5-12/h9H,4-8H2,1-3H3. The second-order valence-corrected chi connectivity index (χ2v) is 5.15. The van der Waals surface area contributed by atoms with Crippen LogP contribution in [0.4, 0.5) is 0 Å². The monoisotopic (exact) mass is 208 g/mol. The van der Waals surface area contributed by atoms with Gasteiger partial charge >= 0.3 is 0 Å². The number of rotatable bonds is 0. The maximum atomic E-state index is 12.2. The van der Waals surface area contributed by atoms with Crippen molar-refractivity contribution in [2.75, 3.05) is 27.2 Å². The van der Waals surface area contributed by atoms with Gasteiger partial charge in [-0.3, -0.25) is 4.79 Å². The van der Waals surface area contributed by atoms with Crippen LogP contribution in [0.1, 0.15) is 26.2 Å². The minimum Gasteiger partial charge on any atom is -0.322 e. The molecule has 0 N–H and O–H groups in total. The Morgan fingerprint density at radius 1 is 1.27 bits per heavy atom. The molecule has 0 aromatic rings. The van der Waals surface area contributed by atoms with E-state index in [9.17, 15) is 4.79 Å². The highest BCUT2D eigenvalue weighted by molar-refractivity contribution is 5.85. The summed E-state index contributed by atoms with van der Waals surface area (Å²) in [5.74, 6) is 0.321. The molecule has 0 aromatic carbocycles. The molecule has 0 unspecified atom stereocenters. The Labute approximate surface area is 91.7 Å². The smallest absolute Gasteiger partial charge is 0.232 e. The van der Waals surface area contributed by atoms with Crippen molar-refractivity contribution < 1.29 is 4.79 Å². The Morgan fingerprint density at radius 2 is 1.87 bits per heavy atom. The summed E-state index contributed by atoms with van der Waals surface area (Å²) >= 11 is 0. The predicted octanol–water partition coefficient (Wildman–Crippen LogP) is 1.46. The van der Waals surface area contributed by atoms with Crippen molar-refractivity contribution in [1.82, 2.24) is 9.80 Å². The topological polar surface area (TPSA) is 23.6 Å². The van der Waals surface area contributed by atoms with Crippen LogP contribution in [-0.2, 0) is 4.79 Å². The van der Waals surface area contributed by atoms with Gasteiger partial charge in [-0.2, -0.15) is 0 Å². The summed E-state index contributed by atoms with van der Waals surface area (Å²) in [5, 5.41) is 0. The lowest BCUT2D eigenvalue weighted by molar-refractivity contribution is -0.142. The molecule has 0 radical (unpaired) electrons. The van der Waals surface area contributed by atoms with Crippen LogP contribution in [0.3, 0.4) is 0 Å². The highest BCUT2D eigenvalue weighted by Crippen LogP contribution is 2.41. The molecule has 2 aliphatic rings. The van der Waals surface area contributed by atoms with Crippen molar-refractivity contribution in [3.63, 3.8) is 0 Å². The van der Waals surface area contributed by atoms with Crippen LogP contribution in [0.5, 0.6) is 0 Å². The zero-order valence-electron chi connectivity index (χ0n) is 9.92. The fourth-order valence-electron chi connectivity index (χ4n) is 2.86. The Balaban J connectivity index is 2.21. The number of piperidine rings is 1. The number of allylic oxidation sites excluding steroid dienone is 1. The van der Waals surface area contributed by atoms with E-state index in [1.165, 1.54) is 5.57 Å². The maximum absolute atomic E-state index is 12.2. The minimum absolute atomic E-state index is 0.0832. The van der Waals surface area contributed by atoms with E-state index < -0.39 is 0 Å². The molecule has 0 saturated carbocycles. The van der Waals surface area contributed by atoms with Crippen LogP contribution in [0.15, 0.2) is 11.8 Å². The van der Waals surface area contributed by atoms with Gasteiger partial charge in [0.25, 0.3) is 0 Å². The second-order valence-electron chi connectivity index (χ2n) is 5.15. The van der Waals surface area contributed by atoms with Gasteiger partial charge in [0.05, 0.1) is 5.41 Å². The van der Waals surface area contributed by atoms with Crippen molar-refractivity contribution in [3.8, 4) is 0 Å². The van der Waals surface area contributed by atoms with E-state index in [0.717, 1.165) is 32.4 Å². The lowest BCUT2D eigenvalue weighted by Crippen LogP contribution is -2.49. The molecule has 1 saturated heterocycles. The number of hydrogen-bond donors (Lipinski definition) is 0. The van der Waals surface area contributed by atoms with Gasteiger partial charge in [-0.05, 0) is 46.3 Å². The van der Waals surface area contributed by atoms with Crippen molar-refractivity contribution >= 4 is 5.91 Å².